The van der Waals surface area contributed by atoms with Gasteiger partial charge in [0.15, 0.2) is 0 Å². The number of hydrogen-bond donors (Lipinski definition) is 1. The van der Waals surface area contributed by atoms with Crippen molar-refractivity contribution in [1.29, 1.82) is 5.41 Å². The smallest absolute Gasteiger partial charge is 0.264 e. The van der Waals surface area contributed by atoms with Crippen molar-refractivity contribution in [2.45, 2.75) is 6.18 Å². The van der Waals surface area contributed by atoms with Gasteiger partial charge in [0.1, 0.15) is 0 Å². The molecule has 0 fully saturated rings. The molecule has 0 aliphatic carbocycles. The van der Waals surface area contributed by atoms with Gasteiger partial charge in [-0.15, -0.1) is 0 Å². The summed E-state index contributed by atoms with van der Waals surface area (Å²) in [6.07, 6.45) is -1.76. The zero-order chi connectivity index (χ0) is 11.2. The first-order valence-corrected chi connectivity index (χ1v) is 3.52. The van der Waals surface area contributed by atoms with Gasteiger partial charge in [-0.05, 0) is 6.07 Å². The number of pyridine rings is 1. The number of halogens is 4. The van der Waals surface area contributed by atoms with Crippen molar-refractivity contribution >= 4 is 17.7 Å². The average molecular weight is 225 g/mol. The van der Waals surface area contributed by atoms with Gasteiger partial charge in [0.05, 0.1) is 10.6 Å². The lowest BCUT2D eigenvalue weighted by Crippen LogP contribution is -2.05. The fourth-order valence-electron chi connectivity index (χ4n) is 0.586. The van der Waals surface area contributed by atoms with Gasteiger partial charge >= 0.3 is 6.18 Å². The summed E-state index contributed by atoms with van der Waals surface area (Å²) in [6.45, 7) is 0. The molecule has 0 spiro atoms. The SMILES string of the molecule is FC(F)(F)c1cnccc1Cl.N=C=O. The van der Waals surface area contributed by atoms with E-state index >= 15 is 0 Å². The van der Waals surface area contributed by atoms with Crippen LogP contribution in [0.2, 0.25) is 5.02 Å². The minimum Gasteiger partial charge on any atom is -0.264 e. The van der Waals surface area contributed by atoms with Gasteiger partial charge in [-0.1, -0.05) is 11.6 Å². The maximum Gasteiger partial charge on any atom is 0.419 e. The normalized spacial score (nSPS) is 9.71. The van der Waals surface area contributed by atoms with Crippen LogP contribution >= 0.6 is 11.6 Å². The van der Waals surface area contributed by atoms with Crippen LogP contribution in [0.4, 0.5) is 13.2 Å². The van der Waals surface area contributed by atoms with E-state index in [-0.39, 0.29) is 5.02 Å². The Balaban J connectivity index is 0.000000500. The van der Waals surface area contributed by atoms with E-state index in [1.54, 1.807) is 0 Å². The largest absolute Gasteiger partial charge is 0.419 e. The molecule has 1 heterocycles. The third-order valence-corrected chi connectivity index (χ3v) is 1.40. The molecule has 0 amide bonds. The number of carbonyl (C=O) groups excluding carboxylic acids is 1. The first-order chi connectivity index (χ1) is 6.43. The second-order valence-electron chi connectivity index (χ2n) is 1.96. The van der Waals surface area contributed by atoms with Crippen LogP contribution in [0.5, 0.6) is 0 Å². The van der Waals surface area contributed by atoms with E-state index in [1.165, 1.54) is 6.20 Å². The van der Waals surface area contributed by atoms with Gasteiger partial charge in [-0.3, -0.25) is 4.98 Å². The van der Waals surface area contributed by atoms with E-state index in [2.05, 4.69) is 4.98 Å². The average Bonchev–Trinajstić information content (AvgIpc) is 2.04. The first-order valence-electron chi connectivity index (χ1n) is 3.14. The molecular formula is C7H4ClF3N2O. The molecule has 0 aliphatic heterocycles. The molecule has 3 nitrogen and oxygen atoms in total. The predicted molar refractivity (Wildman–Crippen MR) is 42.7 cm³/mol. The van der Waals surface area contributed by atoms with Gasteiger partial charge in [-0.2, -0.15) is 13.2 Å². The number of hydrogen-bond acceptors (Lipinski definition) is 3. The fraction of sp³-hybridized carbons (Fsp3) is 0.143. The molecule has 7 heteroatoms. The summed E-state index contributed by atoms with van der Waals surface area (Å²) in [5, 5.41) is 5.08. The van der Waals surface area contributed by atoms with Crippen LogP contribution in [0, 0.1) is 5.41 Å². The summed E-state index contributed by atoms with van der Waals surface area (Å²) in [5.41, 5.74) is -0.901. The lowest BCUT2D eigenvalue weighted by atomic mass is 10.3. The minimum absolute atomic E-state index is 0.326. The monoisotopic (exact) mass is 224 g/mol. The standard InChI is InChI=1S/C6H3ClF3N.CHNO/c7-5-1-2-11-3-4(5)6(8,9)10;2-1-3/h1-3H;2H. The molecule has 1 aromatic rings. The van der Waals surface area contributed by atoms with Crippen molar-refractivity contribution in [2.24, 2.45) is 0 Å². The molecule has 0 bridgehead atoms. The molecule has 0 saturated carbocycles. The molecule has 0 radical (unpaired) electrons. The van der Waals surface area contributed by atoms with Crippen molar-refractivity contribution in [1.82, 2.24) is 4.98 Å². The highest BCUT2D eigenvalue weighted by molar-refractivity contribution is 6.31. The molecule has 0 aliphatic rings. The van der Waals surface area contributed by atoms with Crippen LogP contribution in [0.3, 0.4) is 0 Å². The number of aromatic nitrogens is 1. The van der Waals surface area contributed by atoms with Crippen molar-refractivity contribution < 1.29 is 18.0 Å². The van der Waals surface area contributed by atoms with Crippen LogP contribution in [0.1, 0.15) is 5.56 Å². The summed E-state index contributed by atoms with van der Waals surface area (Å²) in [5.74, 6) is 0. The molecule has 76 valence electrons. The Morgan fingerprint density at radius 3 is 2.29 bits per heavy atom. The highest BCUT2D eigenvalue weighted by Crippen LogP contribution is 2.33. The van der Waals surface area contributed by atoms with Gasteiger partial charge in [-0.25, -0.2) is 10.2 Å². The lowest BCUT2D eigenvalue weighted by Gasteiger charge is -2.06. The summed E-state index contributed by atoms with van der Waals surface area (Å²) in [7, 11) is 0. The Kier molecular flexibility index (Phi) is 4.83. The van der Waals surface area contributed by atoms with E-state index < -0.39 is 11.7 Å². The molecule has 0 atom stereocenters. The van der Waals surface area contributed by atoms with Crippen LogP contribution in [0.15, 0.2) is 18.5 Å². The van der Waals surface area contributed by atoms with E-state index in [4.69, 9.17) is 21.8 Å². The van der Waals surface area contributed by atoms with Crippen molar-refractivity contribution in [3.05, 3.63) is 29.0 Å². The second-order valence-corrected chi connectivity index (χ2v) is 2.36. The van der Waals surface area contributed by atoms with Crippen molar-refractivity contribution in [3.63, 3.8) is 0 Å². The Morgan fingerprint density at radius 2 is 2.00 bits per heavy atom. The Morgan fingerprint density at radius 1 is 1.50 bits per heavy atom. The maximum atomic E-state index is 11.9. The van der Waals surface area contributed by atoms with Gasteiger partial charge in [0.2, 0.25) is 6.08 Å². The third kappa shape index (κ3) is 4.02. The number of nitrogens with one attached hydrogen (secondary N) is 1. The van der Waals surface area contributed by atoms with Crippen LogP contribution < -0.4 is 0 Å². The van der Waals surface area contributed by atoms with Crippen molar-refractivity contribution in [2.75, 3.05) is 0 Å². The number of nitrogens with zero attached hydrogens (tertiary/aromatic N) is 1. The van der Waals surface area contributed by atoms with Crippen LogP contribution in [0.25, 0.3) is 0 Å². The molecule has 1 rings (SSSR count). The summed E-state index contributed by atoms with van der Waals surface area (Å²) in [6, 6.07) is 1.10. The summed E-state index contributed by atoms with van der Waals surface area (Å²) in [4.78, 5) is 11.7. The van der Waals surface area contributed by atoms with Crippen LogP contribution in [-0.4, -0.2) is 11.1 Å². The Hall–Kier alpha value is -1.39. The molecule has 14 heavy (non-hydrogen) atoms. The molecule has 0 aromatic carbocycles. The summed E-state index contributed by atoms with van der Waals surface area (Å²) >= 11 is 5.25. The van der Waals surface area contributed by atoms with E-state index in [1.807, 2.05) is 0 Å². The molecule has 0 saturated heterocycles. The van der Waals surface area contributed by atoms with E-state index in [0.29, 0.717) is 6.20 Å². The number of alkyl halides is 3. The zero-order valence-electron chi connectivity index (χ0n) is 6.60. The molecule has 1 aromatic heterocycles. The molecular weight excluding hydrogens is 221 g/mol. The predicted octanol–water partition coefficient (Wildman–Crippen LogP) is 2.65. The van der Waals surface area contributed by atoms with Crippen LogP contribution in [-0.2, 0) is 11.0 Å². The van der Waals surface area contributed by atoms with Gasteiger partial charge in [0, 0.05) is 12.4 Å². The second kappa shape index (κ2) is 5.36. The number of isocyanates is 1. The summed E-state index contributed by atoms with van der Waals surface area (Å²) < 4.78 is 35.8. The molecule has 1 N–H and O–H groups in total. The topological polar surface area (TPSA) is 53.8 Å². The quantitative estimate of drug-likeness (QED) is 0.544. The Labute approximate surface area is 82.0 Å². The van der Waals surface area contributed by atoms with Crippen molar-refractivity contribution in [3.8, 4) is 0 Å². The highest BCUT2D eigenvalue weighted by Gasteiger charge is 2.33. The lowest BCUT2D eigenvalue weighted by molar-refractivity contribution is -0.137. The minimum atomic E-state index is -4.41. The highest BCUT2D eigenvalue weighted by atomic mass is 35.5. The van der Waals surface area contributed by atoms with E-state index in [0.717, 1.165) is 12.1 Å². The van der Waals surface area contributed by atoms with E-state index in [9.17, 15) is 13.2 Å². The Bertz CT molecular complexity index is 334. The van der Waals surface area contributed by atoms with Gasteiger partial charge < -0.3 is 0 Å². The first kappa shape index (κ1) is 12.6. The third-order valence-electron chi connectivity index (χ3n) is 1.07. The fourth-order valence-corrected chi connectivity index (χ4v) is 0.798. The van der Waals surface area contributed by atoms with Gasteiger partial charge in [0.25, 0.3) is 0 Å². The maximum absolute atomic E-state index is 11.9. The zero-order valence-corrected chi connectivity index (χ0v) is 7.36. The number of rotatable bonds is 0. The molecule has 0 unspecified atom stereocenters.